The molecule has 0 fully saturated rings. The third-order valence-corrected chi connectivity index (χ3v) is 5.44. The van der Waals surface area contributed by atoms with Gasteiger partial charge in [-0.1, -0.05) is 12.1 Å². The summed E-state index contributed by atoms with van der Waals surface area (Å²) < 4.78 is 78.7. The van der Waals surface area contributed by atoms with Gasteiger partial charge in [-0.3, -0.25) is 0 Å². The SMILES string of the molecule is CS(=O)(=O)c1ccc(-c2cc(C(F)(F)F)cc3c2ncn3C/C(F)=C/CN)cc1.Cl. The van der Waals surface area contributed by atoms with Crippen molar-refractivity contribution < 1.29 is 26.0 Å². The highest BCUT2D eigenvalue weighted by Crippen LogP contribution is 2.37. The molecule has 0 aliphatic heterocycles. The summed E-state index contributed by atoms with van der Waals surface area (Å²) in [6.45, 7) is -0.342. The first kappa shape index (κ1) is 23.8. The number of fused-ring (bicyclic) bond motifs is 1. The maximum absolute atomic E-state index is 13.9. The van der Waals surface area contributed by atoms with Crippen LogP contribution >= 0.6 is 12.4 Å². The Labute approximate surface area is 176 Å². The van der Waals surface area contributed by atoms with E-state index in [9.17, 15) is 26.0 Å². The van der Waals surface area contributed by atoms with Crippen LogP contribution in [0.5, 0.6) is 0 Å². The van der Waals surface area contributed by atoms with Crippen molar-refractivity contribution in [2.75, 3.05) is 12.8 Å². The lowest BCUT2D eigenvalue weighted by molar-refractivity contribution is -0.137. The van der Waals surface area contributed by atoms with Crippen molar-refractivity contribution in [3.8, 4) is 11.1 Å². The van der Waals surface area contributed by atoms with Crippen LogP contribution in [0.2, 0.25) is 0 Å². The minimum absolute atomic E-state index is 0. The van der Waals surface area contributed by atoms with Gasteiger partial charge in [-0.05, 0) is 35.9 Å². The minimum Gasteiger partial charge on any atom is -0.327 e. The molecule has 0 radical (unpaired) electrons. The lowest BCUT2D eigenvalue weighted by Gasteiger charge is -2.12. The second kappa shape index (κ2) is 8.75. The molecule has 0 saturated carbocycles. The van der Waals surface area contributed by atoms with E-state index in [1.807, 2.05) is 0 Å². The summed E-state index contributed by atoms with van der Waals surface area (Å²) in [6, 6.07) is 7.32. The number of halogens is 5. The zero-order valence-corrected chi connectivity index (χ0v) is 17.3. The molecule has 0 aliphatic carbocycles. The number of imidazole rings is 1. The van der Waals surface area contributed by atoms with Crippen LogP contribution in [0.25, 0.3) is 22.2 Å². The normalized spacial score (nSPS) is 12.8. The Hall–Kier alpha value is -2.43. The van der Waals surface area contributed by atoms with Crippen molar-refractivity contribution in [2.24, 2.45) is 5.73 Å². The summed E-state index contributed by atoms with van der Waals surface area (Å²) in [5, 5.41) is 0. The van der Waals surface area contributed by atoms with Crippen molar-refractivity contribution in [3.05, 3.63) is 60.2 Å². The standard InChI is InChI=1S/C19H17F4N3O2S.ClH/c1-29(27,28)15-4-2-12(3-5-15)16-8-13(19(21,22)23)9-17-18(16)25-11-26(17)10-14(20)6-7-24;/h2-6,8-9,11H,7,10,24H2,1H3;1H/b14-6-;. The van der Waals surface area contributed by atoms with E-state index in [-0.39, 0.29) is 47.0 Å². The number of benzene rings is 2. The number of rotatable bonds is 5. The number of nitrogens with zero attached hydrogens (tertiary/aromatic N) is 2. The molecule has 1 aromatic heterocycles. The molecule has 0 unspecified atom stereocenters. The van der Waals surface area contributed by atoms with Crippen molar-refractivity contribution in [3.63, 3.8) is 0 Å². The second-order valence-corrected chi connectivity index (χ2v) is 8.46. The molecule has 2 aromatic carbocycles. The summed E-state index contributed by atoms with van der Waals surface area (Å²) >= 11 is 0. The molecule has 11 heteroatoms. The first-order chi connectivity index (χ1) is 13.5. The average molecular weight is 464 g/mol. The van der Waals surface area contributed by atoms with Crippen LogP contribution in [-0.4, -0.2) is 30.8 Å². The Morgan fingerprint density at radius 1 is 1.20 bits per heavy atom. The zero-order chi connectivity index (χ0) is 21.4. The molecule has 0 atom stereocenters. The molecule has 162 valence electrons. The highest BCUT2D eigenvalue weighted by molar-refractivity contribution is 7.90. The molecule has 3 rings (SSSR count). The first-order valence-corrected chi connectivity index (χ1v) is 10.3. The third kappa shape index (κ3) is 5.00. The van der Waals surface area contributed by atoms with Gasteiger partial charge in [0.1, 0.15) is 5.83 Å². The number of nitrogens with two attached hydrogens (primary N) is 1. The minimum atomic E-state index is -4.63. The van der Waals surface area contributed by atoms with Gasteiger partial charge in [0.15, 0.2) is 9.84 Å². The molecule has 2 N–H and O–H groups in total. The van der Waals surface area contributed by atoms with Gasteiger partial charge in [0.05, 0.1) is 34.4 Å². The fraction of sp³-hybridized carbons (Fsp3) is 0.211. The topological polar surface area (TPSA) is 78.0 Å². The summed E-state index contributed by atoms with van der Waals surface area (Å²) in [5.74, 6) is -0.594. The maximum Gasteiger partial charge on any atom is 0.416 e. The van der Waals surface area contributed by atoms with Gasteiger partial charge < -0.3 is 10.3 Å². The molecule has 5 nitrogen and oxygen atoms in total. The van der Waals surface area contributed by atoms with Crippen LogP contribution in [0, 0.1) is 0 Å². The molecule has 0 bridgehead atoms. The summed E-state index contributed by atoms with van der Waals surface area (Å²) in [5.41, 5.74) is 5.21. The van der Waals surface area contributed by atoms with Gasteiger partial charge in [0.25, 0.3) is 0 Å². The van der Waals surface area contributed by atoms with Crippen LogP contribution in [0.3, 0.4) is 0 Å². The van der Waals surface area contributed by atoms with Crippen LogP contribution in [-0.2, 0) is 22.6 Å². The molecular weight excluding hydrogens is 446 g/mol. The highest BCUT2D eigenvalue weighted by Gasteiger charge is 2.32. The molecule has 30 heavy (non-hydrogen) atoms. The lowest BCUT2D eigenvalue weighted by Crippen LogP contribution is -2.06. The van der Waals surface area contributed by atoms with E-state index in [0.717, 1.165) is 24.5 Å². The van der Waals surface area contributed by atoms with Gasteiger partial charge in [-0.15, -0.1) is 12.4 Å². The van der Waals surface area contributed by atoms with Gasteiger partial charge >= 0.3 is 6.18 Å². The number of hydrogen-bond acceptors (Lipinski definition) is 4. The molecular formula is C19H18ClF4N3O2S. The number of sulfone groups is 1. The Morgan fingerprint density at radius 2 is 1.83 bits per heavy atom. The molecule has 0 spiro atoms. The van der Waals surface area contributed by atoms with E-state index in [0.29, 0.717) is 5.56 Å². The van der Waals surface area contributed by atoms with Crippen LogP contribution in [0.4, 0.5) is 17.6 Å². The summed E-state index contributed by atoms with van der Waals surface area (Å²) in [4.78, 5) is 4.20. The fourth-order valence-electron chi connectivity index (χ4n) is 2.91. The van der Waals surface area contributed by atoms with Crippen molar-refractivity contribution >= 4 is 33.3 Å². The Morgan fingerprint density at radius 3 is 2.37 bits per heavy atom. The second-order valence-electron chi connectivity index (χ2n) is 6.45. The molecule has 0 aliphatic rings. The van der Waals surface area contributed by atoms with E-state index in [2.05, 4.69) is 4.98 Å². The predicted octanol–water partition coefficient (Wildman–Crippen LogP) is 4.36. The van der Waals surface area contributed by atoms with Gasteiger partial charge in [-0.2, -0.15) is 13.2 Å². The molecule has 0 saturated heterocycles. The predicted molar refractivity (Wildman–Crippen MR) is 109 cm³/mol. The third-order valence-electron chi connectivity index (χ3n) is 4.31. The van der Waals surface area contributed by atoms with E-state index in [4.69, 9.17) is 5.73 Å². The summed E-state index contributed by atoms with van der Waals surface area (Å²) in [6.07, 6.45) is -1.21. The molecule has 3 aromatic rings. The smallest absolute Gasteiger partial charge is 0.327 e. The fourth-order valence-corrected chi connectivity index (χ4v) is 3.54. The Bertz CT molecular complexity index is 1190. The van der Waals surface area contributed by atoms with Crippen LogP contribution in [0.15, 0.2) is 59.5 Å². The van der Waals surface area contributed by atoms with E-state index >= 15 is 0 Å². The monoisotopic (exact) mass is 463 g/mol. The number of aromatic nitrogens is 2. The first-order valence-electron chi connectivity index (χ1n) is 8.42. The zero-order valence-electron chi connectivity index (χ0n) is 15.6. The van der Waals surface area contributed by atoms with E-state index < -0.39 is 27.4 Å². The van der Waals surface area contributed by atoms with Gasteiger partial charge in [-0.25, -0.2) is 17.8 Å². The molecule has 1 heterocycles. The van der Waals surface area contributed by atoms with Crippen LogP contribution in [0.1, 0.15) is 5.56 Å². The van der Waals surface area contributed by atoms with Crippen LogP contribution < -0.4 is 5.73 Å². The van der Waals surface area contributed by atoms with Crippen molar-refractivity contribution in [2.45, 2.75) is 17.6 Å². The van der Waals surface area contributed by atoms with E-state index in [1.54, 1.807) is 0 Å². The number of allylic oxidation sites excluding steroid dienone is 1. The van der Waals surface area contributed by atoms with Crippen molar-refractivity contribution in [1.82, 2.24) is 9.55 Å². The summed E-state index contributed by atoms with van der Waals surface area (Å²) in [7, 11) is -3.45. The number of alkyl halides is 3. The van der Waals surface area contributed by atoms with E-state index in [1.165, 1.54) is 35.2 Å². The maximum atomic E-state index is 13.9. The Balaban J connectivity index is 0.00000320. The van der Waals surface area contributed by atoms with Gasteiger partial charge in [0, 0.05) is 18.4 Å². The van der Waals surface area contributed by atoms with Crippen molar-refractivity contribution in [1.29, 1.82) is 0 Å². The molecule has 0 amide bonds. The number of hydrogen-bond donors (Lipinski definition) is 1. The highest BCUT2D eigenvalue weighted by atomic mass is 35.5. The average Bonchev–Trinajstić information content (AvgIpc) is 3.02. The Kier molecular flexibility index (Phi) is 6.95. The quantitative estimate of drug-likeness (QED) is 0.570. The van der Waals surface area contributed by atoms with Gasteiger partial charge in [0.2, 0.25) is 0 Å². The lowest BCUT2D eigenvalue weighted by atomic mass is 10.0. The largest absolute Gasteiger partial charge is 0.416 e.